The molecule has 1 amide bonds. The van der Waals surface area contributed by atoms with Crippen molar-refractivity contribution in [3.8, 4) is 17.2 Å². The number of nitrogens with zero attached hydrogens (tertiary/aromatic N) is 1. The molecule has 3 rings (SSSR count). The van der Waals surface area contributed by atoms with E-state index in [1.807, 2.05) is 12.1 Å². The summed E-state index contributed by atoms with van der Waals surface area (Å²) in [4.78, 5) is 16.9. The molecule has 7 heteroatoms. The summed E-state index contributed by atoms with van der Waals surface area (Å²) in [5.41, 5.74) is 2.86. The second-order valence-corrected chi connectivity index (χ2v) is 6.95. The van der Waals surface area contributed by atoms with Gasteiger partial charge in [-0.25, -0.2) is 4.98 Å². The van der Waals surface area contributed by atoms with E-state index in [1.54, 1.807) is 39.5 Å². The van der Waals surface area contributed by atoms with Gasteiger partial charge in [0.05, 0.1) is 31.5 Å². The van der Waals surface area contributed by atoms with Crippen molar-refractivity contribution in [1.29, 1.82) is 0 Å². The summed E-state index contributed by atoms with van der Waals surface area (Å²) in [5.74, 6) is 1.30. The smallest absolute Gasteiger partial charge is 0.250 e. The summed E-state index contributed by atoms with van der Waals surface area (Å²) >= 11 is 1.46. The lowest BCUT2D eigenvalue weighted by atomic mass is 10.1. The van der Waals surface area contributed by atoms with Gasteiger partial charge in [-0.2, -0.15) is 0 Å². The van der Waals surface area contributed by atoms with Gasteiger partial charge in [-0.05, 0) is 41.8 Å². The van der Waals surface area contributed by atoms with Gasteiger partial charge >= 0.3 is 0 Å². The van der Waals surface area contributed by atoms with Crippen LogP contribution in [0.25, 0.3) is 16.3 Å². The van der Waals surface area contributed by atoms with E-state index in [-0.39, 0.29) is 5.91 Å². The Morgan fingerprint density at radius 1 is 1.14 bits per heavy atom. The number of nitrogens with one attached hydrogen (secondary N) is 1. The van der Waals surface area contributed by atoms with Crippen molar-refractivity contribution in [1.82, 2.24) is 4.98 Å². The molecule has 1 heterocycles. The lowest BCUT2D eigenvalue weighted by molar-refractivity contribution is -0.111. The molecule has 28 heavy (non-hydrogen) atoms. The fourth-order valence-electron chi connectivity index (χ4n) is 2.86. The van der Waals surface area contributed by atoms with Crippen molar-refractivity contribution in [2.75, 3.05) is 26.6 Å². The summed E-state index contributed by atoms with van der Waals surface area (Å²) in [6.45, 7) is 2.09. The van der Waals surface area contributed by atoms with E-state index in [2.05, 4.69) is 23.3 Å². The Morgan fingerprint density at radius 3 is 2.46 bits per heavy atom. The molecule has 0 aliphatic carbocycles. The van der Waals surface area contributed by atoms with Crippen LogP contribution in [0.2, 0.25) is 0 Å². The molecule has 1 aromatic heterocycles. The number of thiazole rings is 1. The number of para-hydroxylation sites is 1. The van der Waals surface area contributed by atoms with Crippen LogP contribution < -0.4 is 19.5 Å². The number of anilines is 1. The zero-order valence-corrected chi connectivity index (χ0v) is 17.1. The van der Waals surface area contributed by atoms with E-state index < -0.39 is 0 Å². The van der Waals surface area contributed by atoms with Gasteiger partial charge in [0.25, 0.3) is 0 Å². The van der Waals surface area contributed by atoms with Crippen LogP contribution in [-0.4, -0.2) is 32.2 Å². The van der Waals surface area contributed by atoms with Crippen LogP contribution in [0.5, 0.6) is 17.2 Å². The molecule has 0 fully saturated rings. The zero-order chi connectivity index (χ0) is 20.1. The molecular formula is C21H22N2O4S. The normalized spacial score (nSPS) is 11.0. The van der Waals surface area contributed by atoms with Gasteiger partial charge in [0.15, 0.2) is 16.6 Å². The van der Waals surface area contributed by atoms with Crippen molar-refractivity contribution < 1.29 is 19.0 Å². The standard InChI is InChI=1S/C21H22N2O4S/c1-5-14-7-6-8-17-19(14)23-21(28-17)22-18(24)10-9-13-11-15(25-2)20(27-4)16(12-13)26-3/h6-12H,5H2,1-4H3,(H,22,23,24)/b10-9-. The van der Waals surface area contributed by atoms with Crippen LogP contribution in [0.4, 0.5) is 5.13 Å². The van der Waals surface area contributed by atoms with E-state index in [0.717, 1.165) is 22.2 Å². The number of carbonyl (C=O) groups is 1. The Balaban J connectivity index is 1.79. The first-order valence-corrected chi connectivity index (χ1v) is 9.58. The van der Waals surface area contributed by atoms with Gasteiger partial charge in [-0.15, -0.1) is 0 Å². The number of methoxy groups -OCH3 is 3. The molecule has 3 aromatic rings. The topological polar surface area (TPSA) is 69.7 Å². The average Bonchev–Trinajstić information content (AvgIpc) is 3.13. The van der Waals surface area contributed by atoms with Gasteiger partial charge in [0.2, 0.25) is 11.7 Å². The first-order chi connectivity index (χ1) is 13.6. The van der Waals surface area contributed by atoms with Crippen LogP contribution in [-0.2, 0) is 11.2 Å². The molecule has 6 nitrogen and oxygen atoms in total. The number of amides is 1. The van der Waals surface area contributed by atoms with E-state index >= 15 is 0 Å². The summed E-state index contributed by atoms with van der Waals surface area (Å²) in [7, 11) is 4.65. The molecule has 0 spiro atoms. The summed E-state index contributed by atoms with van der Waals surface area (Å²) in [6, 6.07) is 9.62. The lowest BCUT2D eigenvalue weighted by Crippen LogP contribution is -2.07. The number of hydrogen-bond donors (Lipinski definition) is 1. The number of ether oxygens (including phenoxy) is 3. The first-order valence-electron chi connectivity index (χ1n) is 8.77. The van der Waals surface area contributed by atoms with Crippen LogP contribution in [0.1, 0.15) is 18.1 Å². The second-order valence-electron chi connectivity index (χ2n) is 5.92. The monoisotopic (exact) mass is 398 g/mol. The highest BCUT2D eigenvalue weighted by molar-refractivity contribution is 7.22. The third-order valence-electron chi connectivity index (χ3n) is 4.23. The Bertz CT molecular complexity index is 1000. The quantitative estimate of drug-likeness (QED) is 0.592. The van der Waals surface area contributed by atoms with Gasteiger partial charge in [0.1, 0.15) is 0 Å². The van der Waals surface area contributed by atoms with Crippen molar-refractivity contribution in [2.24, 2.45) is 0 Å². The maximum Gasteiger partial charge on any atom is 0.250 e. The molecule has 1 N–H and O–H groups in total. The minimum Gasteiger partial charge on any atom is -0.493 e. The van der Waals surface area contributed by atoms with Crippen molar-refractivity contribution in [3.05, 3.63) is 47.5 Å². The van der Waals surface area contributed by atoms with Gasteiger partial charge in [-0.1, -0.05) is 30.4 Å². The number of aryl methyl sites for hydroxylation is 1. The Morgan fingerprint density at radius 2 is 1.86 bits per heavy atom. The highest BCUT2D eigenvalue weighted by Gasteiger charge is 2.12. The number of fused-ring (bicyclic) bond motifs is 1. The highest BCUT2D eigenvalue weighted by Crippen LogP contribution is 2.38. The van der Waals surface area contributed by atoms with Crippen LogP contribution in [0.3, 0.4) is 0 Å². The van der Waals surface area contributed by atoms with E-state index in [9.17, 15) is 4.79 Å². The molecule has 0 saturated carbocycles. The summed E-state index contributed by atoms with van der Waals surface area (Å²) < 4.78 is 17.0. The molecule has 0 bridgehead atoms. The number of rotatable bonds is 7. The predicted molar refractivity (Wildman–Crippen MR) is 113 cm³/mol. The molecule has 0 radical (unpaired) electrons. The van der Waals surface area contributed by atoms with E-state index in [0.29, 0.717) is 22.4 Å². The van der Waals surface area contributed by atoms with Crippen molar-refractivity contribution in [3.63, 3.8) is 0 Å². The summed E-state index contributed by atoms with van der Waals surface area (Å²) in [5, 5.41) is 3.41. The minimum absolute atomic E-state index is 0.258. The summed E-state index contributed by atoms with van der Waals surface area (Å²) in [6.07, 6.45) is 4.04. The molecule has 146 valence electrons. The minimum atomic E-state index is -0.258. The number of hydrogen-bond acceptors (Lipinski definition) is 6. The first kappa shape index (κ1) is 19.7. The Labute approximate surface area is 167 Å². The van der Waals surface area contributed by atoms with Crippen LogP contribution in [0, 0.1) is 0 Å². The van der Waals surface area contributed by atoms with Crippen LogP contribution in [0.15, 0.2) is 36.4 Å². The largest absolute Gasteiger partial charge is 0.493 e. The number of benzene rings is 2. The van der Waals surface area contributed by atoms with Gasteiger partial charge < -0.3 is 14.2 Å². The number of carbonyl (C=O) groups excluding carboxylic acids is 1. The zero-order valence-electron chi connectivity index (χ0n) is 16.2. The lowest BCUT2D eigenvalue weighted by Gasteiger charge is -2.12. The van der Waals surface area contributed by atoms with Gasteiger partial charge in [0, 0.05) is 6.08 Å². The SMILES string of the molecule is CCc1cccc2sc(NC(=O)/C=C\c3cc(OC)c(OC)c(OC)c3)nc12. The fraction of sp³-hybridized carbons (Fsp3) is 0.238. The molecule has 0 unspecified atom stereocenters. The molecule has 0 atom stereocenters. The Kier molecular flexibility index (Phi) is 6.16. The van der Waals surface area contributed by atoms with E-state index in [4.69, 9.17) is 14.2 Å². The Hall–Kier alpha value is -3.06. The molecule has 0 aliphatic rings. The molecule has 0 saturated heterocycles. The van der Waals surface area contributed by atoms with E-state index in [1.165, 1.54) is 23.0 Å². The average molecular weight is 398 g/mol. The van der Waals surface area contributed by atoms with Gasteiger partial charge in [-0.3, -0.25) is 10.1 Å². The van der Waals surface area contributed by atoms with Crippen molar-refractivity contribution >= 4 is 38.7 Å². The predicted octanol–water partition coefficient (Wildman–Crippen LogP) is 4.54. The fourth-order valence-corrected chi connectivity index (χ4v) is 3.78. The highest BCUT2D eigenvalue weighted by atomic mass is 32.1. The maximum atomic E-state index is 12.3. The molecular weight excluding hydrogens is 376 g/mol. The second kappa shape index (κ2) is 8.75. The maximum absolute atomic E-state index is 12.3. The van der Waals surface area contributed by atoms with Crippen LogP contribution >= 0.6 is 11.3 Å². The third-order valence-corrected chi connectivity index (χ3v) is 5.16. The molecule has 0 aliphatic heterocycles. The third kappa shape index (κ3) is 4.09. The number of aromatic nitrogens is 1. The van der Waals surface area contributed by atoms with Crippen molar-refractivity contribution in [2.45, 2.75) is 13.3 Å². The molecule has 2 aromatic carbocycles.